The van der Waals surface area contributed by atoms with Gasteiger partial charge in [0.25, 0.3) is 0 Å². The van der Waals surface area contributed by atoms with Gasteiger partial charge < -0.3 is 22.1 Å². The van der Waals surface area contributed by atoms with Crippen molar-refractivity contribution >= 4 is 23.5 Å². The Morgan fingerprint density at radius 3 is 2.50 bits per heavy atom. The zero-order chi connectivity index (χ0) is 18.0. The summed E-state index contributed by atoms with van der Waals surface area (Å²) in [5, 5.41) is 6.72. The van der Waals surface area contributed by atoms with Crippen LogP contribution in [-0.2, 0) is 11.8 Å². The zero-order valence-electron chi connectivity index (χ0n) is 15.0. The van der Waals surface area contributed by atoms with E-state index in [0.29, 0.717) is 19.0 Å². The highest BCUT2D eigenvalue weighted by atomic mass is 15.1. The van der Waals surface area contributed by atoms with Gasteiger partial charge in [-0.2, -0.15) is 9.97 Å². The van der Waals surface area contributed by atoms with Gasteiger partial charge in [-0.05, 0) is 38.2 Å². The van der Waals surface area contributed by atoms with Crippen LogP contribution < -0.4 is 22.1 Å². The van der Waals surface area contributed by atoms with Crippen LogP contribution in [0.4, 0.5) is 23.5 Å². The maximum absolute atomic E-state index is 5.97. The monoisotopic (exact) mass is 354 g/mol. The smallest absolute Gasteiger partial charge is 0.222 e. The van der Waals surface area contributed by atoms with Gasteiger partial charge in [0.05, 0.1) is 5.69 Å². The molecule has 0 aromatic carbocycles. The second-order valence-electron chi connectivity index (χ2n) is 7.25. The standard InChI is InChI=1S/C18H26N8/c19-16-23-9-5-13(25-16)21-10-11-22-15-14-12(24-17(20)26-15)4-3-8-18(14)6-1-2-7-18/h5,9H,1-4,6-8,10-11H2,(H3,19,21,23,25)(H3,20,22,24,26). The van der Waals surface area contributed by atoms with Gasteiger partial charge in [-0.1, -0.05) is 12.8 Å². The molecular weight excluding hydrogens is 328 g/mol. The molecule has 0 atom stereocenters. The molecule has 8 heteroatoms. The van der Waals surface area contributed by atoms with Crippen LogP contribution in [0.2, 0.25) is 0 Å². The summed E-state index contributed by atoms with van der Waals surface area (Å²) in [6.07, 6.45) is 10.1. The lowest BCUT2D eigenvalue weighted by atomic mass is 9.70. The maximum Gasteiger partial charge on any atom is 0.222 e. The molecule has 6 N–H and O–H groups in total. The molecule has 0 radical (unpaired) electrons. The molecule has 2 aliphatic carbocycles. The van der Waals surface area contributed by atoms with E-state index in [1.165, 1.54) is 44.1 Å². The van der Waals surface area contributed by atoms with E-state index in [9.17, 15) is 0 Å². The minimum Gasteiger partial charge on any atom is -0.368 e. The molecule has 138 valence electrons. The molecule has 1 spiro atoms. The van der Waals surface area contributed by atoms with E-state index in [1.54, 1.807) is 12.3 Å². The molecule has 2 heterocycles. The fourth-order valence-electron chi connectivity index (χ4n) is 4.51. The van der Waals surface area contributed by atoms with E-state index in [2.05, 4.69) is 30.6 Å². The van der Waals surface area contributed by atoms with Crippen LogP contribution in [0.5, 0.6) is 0 Å². The number of aryl methyl sites for hydroxylation is 1. The van der Waals surface area contributed by atoms with Gasteiger partial charge in [0.15, 0.2) is 0 Å². The summed E-state index contributed by atoms with van der Waals surface area (Å²) in [4.78, 5) is 17.1. The summed E-state index contributed by atoms with van der Waals surface area (Å²) in [6, 6.07) is 1.80. The fourth-order valence-corrected chi connectivity index (χ4v) is 4.51. The molecule has 0 unspecified atom stereocenters. The Balaban J connectivity index is 1.49. The first-order valence-corrected chi connectivity index (χ1v) is 9.39. The van der Waals surface area contributed by atoms with E-state index in [0.717, 1.165) is 23.8 Å². The van der Waals surface area contributed by atoms with E-state index in [-0.39, 0.29) is 11.4 Å². The molecule has 0 amide bonds. The Morgan fingerprint density at radius 1 is 0.923 bits per heavy atom. The van der Waals surface area contributed by atoms with Crippen molar-refractivity contribution in [2.45, 2.75) is 50.4 Å². The number of fused-ring (bicyclic) bond motifs is 2. The molecule has 1 saturated carbocycles. The molecule has 2 aromatic rings. The number of nitrogens with zero attached hydrogens (tertiary/aromatic N) is 4. The zero-order valence-corrected chi connectivity index (χ0v) is 15.0. The molecule has 0 bridgehead atoms. The second-order valence-corrected chi connectivity index (χ2v) is 7.25. The summed E-state index contributed by atoms with van der Waals surface area (Å²) in [5.41, 5.74) is 14.3. The lowest BCUT2D eigenvalue weighted by Gasteiger charge is -2.36. The van der Waals surface area contributed by atoms with Crippen molar-refractivity contribution in [3.63, 3.8) is 0 Å². The van der Waals surface area contributed by atoms with Crippen LogP contribution in [0.3, 0.4) is 0 Å². The van der Waals surface area contributed by atoms with Crippen molar-refractivity contribution in [3.8, 4) is 0 Å². The number of hydrogen-bond donors (Lipinski definition) is 4. The number of nitrogen functional groups attached to an aromatic ring is 2. The van der Waals surface area contributed by atoms with Gasteiger partial charge in [-0.25, -0.2) is 9.97 Å². The highest BCUT2D eigenvalue weighted by molar-refractivity contribution is 5.55. The summed E-state index contributed by atoms with van der Waals surface area (Å²) in [5.74, 6) is 2.26. The van der Waals surface area contributed by atoms with Gasteiger partial charge in [0.2, 0.25) is 11.9 Å². The third-order valence-corrected chi connectivity index (χ3v) is 5.56. The first-order chi connectivity index (χ1) is 12.7. The molecule has 8 nitrogen and oxygen atoms in total. The van der Waals surface area contributed by atoms with Crippen LogP contribution in [0, 0.1) is 0 Å². The quantitative estimate of drug-likeness (QED) is 0.601. The minimum atomic E-state index is 0.248. The largest absolute Gasteiger partial charge is 0.368 e. The molecule has 1 fully saturated rings. The van der Waals surface area contributed by atoms with Crippen LogP contribution in [0.1, 0.15) is 49.8 Å². The number of nitrogens with one attached hydrogen (secondary N) is 2. The highest BCUT2D eigenvalue weighted by Gasteiger charge is 2.42. The Hall–Kier alpha value is -2.64. The van der Waals surface area contributed by atoms with E-state index < -0.39 is 0 Å². The first kappa shape index (κ1) is 16.8. The van der Waals surface area contributed by atoms with Gasteiger partial charge in [-0.3, -0.25) is 0 Å². The molecule has 2 aromatic heterocycles. The third kappa shape index (κ3) is 3.23. The van der Waals surface area contributed by atoms with Crippen LogP contribution in [0.15, 0.2) is 12.3 Å². The lowest BCUT2D eigenvalue weighted by Crippen LogP contribution is -2.31. The highest BCUT2D eigenvalue weighted by Crippen LogP contribution is 2.50. The summed E-state index contributed by atoms with van der Waals surface area (Å²) >= 11 is 0. The molecule has 26 heavy (non-hydrogen) atoms. The Morgan fingerprint density at radius 2 is 1.69 bits per heavy atom. The van der Waals surface area contributed by atoms with Crippen molar-refractivity contribution in [2.75, 3.05) is 35.2 Å². The molecule has 4 rings (SSSR count). The Kier molecular flexibility index (Phi) is 4.48. The lowest BCUT2D eigenvalue weighted by molar-refractivity contribution is 0.365. The van der Waals surface area contributed by atoms with Crippen molar-refractivity contribution in [2.24, 2.45) is 0 Å². The van der Waals surface area contributed by atoms with E-state index in [1.807, 2.05) is 0 Å². The average molecular weight is 354 g/mol. The SMILES string of the molecule is Nc1nccc(NCCNc2nc(N)nc3c2C2(CCCC2)CCC3)n1. The van der Waals surface area contributed by atoms with Crippen LogP contribution in [-0.4, -0.2) is 33.0 Å². The fraction of sp³-hybridized carbons (Fsp3) is 0.556. The minimum absolute atomic E-state index is 0.248. The van der Waals surface area contributed by atoms with Crippen LogP contribution >= 0.6 is 0 Å². The first-order valence-electron chi connectivity index (χ1n) is 9.39. The summed E-state index contributed by atoms with van der Waals surface area (Å²) < 4.78 is 0. The van der Waals surface area contributed by atoms with Gasteiger partial charge in [-0.15, -0.1) is 0 Å². The van der Waals surface area contributed by atoms with E-state index in [4.69, 9.17) is 11.5 Å². The predicted octanol–water partition coefficient (Wildman–Crippen LogP) is 2.10. The van der Waals surface area contributed by atoms with Crippen molar-refractivity contribution in [3.05, 3.63) is 23.5 Å². The number of aromatic nitrogens is 4. The number of hydrogen-bond acceptors (Lipinski definition) is 8. The molecule has 2 aliphatic rings. The normalized spacial score (nSPS) is 17.8. The second kappa shape index (κ2) is 6.93. The summed E-state index contributed by atoms with van der Waals surface area (Å²) in [6.45, 7) is 1.41. The molecular formula is C18H26N8. The predicted molar refractivity (Wildman–Crippen MR) is 103 cm³/mol. The van der Waals surface area contributed by atoms with Gasteiger partial charge >= 0.3 is 0 Å². The topological polar surface area (TPSA) is 128 Å². The molecule has 0 saturated heterocycles. The average Bonchev–Trinajstić information content (AvgIpc) is 3.07. The third-order valence-electron chi connectivity index (χ3n) is 5.56. The number of nitrogens with two attached hydrogens (primary N) is 2. The van der Waals surface area contributed by atoms with Crippen LogP contribution in [0.25, 0.3) is 0 Å². The number of rotatable bonds is 5. The Labute approximate surface area is 153 Å². The molecule has 0 aliphatic heterocycles. The van der Waals surface area contributed by atoms with Crippen molar-refractivity contribution in [1.82, 2.24) is 19.9 Å². The number of anilines is 4. The van der Waals surface area contributed by atoms with Gasteiger partial charge in [0, 0.05) is 30.3 Å². The van der Waals surface area contributed by atoms with E-state index >= 15 is 0 Å². The maximum atomic E-state index is 5.97. The van der Waals surface area contributed by atoms with Gasteiger partial charge in [0.1, 0.15) is 11.6 Å². The Bertz CT molecular complexity index is 785. The summed E-state index contributed by atoms with van der Waals surface area (Å²) in [7, 11) is 0. The van der Waals surface area contributed by atoms with Crippen molar-refractivity contribution < 1.29 is 0 Å². The van der Waals surface area contributed by atoms with Crippen molar-refractivity contribution in [1.29, 1.82) is 0 Å².